The van der Waals surface area contributed by atoms with Crippen molar-refractivity contribution < 1.29 is 4.74 Å². The molecule has 0 atom stereocenters. The third-order valence-corrected chi connectivity index (χ3v) is 5.68. The maximum Gasteiger partial charge on any atom is 0.193 e. The fourth-order valence-corrected chi connectivity index (χ4v) is 4.04. The normalized spacial score (nSPS) is 22.8. The Bertz CT molecular complexity index is 576. The summed E-state index contributed by atoms with van der Waals surface area (Å²) in [5.41, 5.74) is 1.89. The molecule has 4 heteroatoms. The first kappa shape index (κ1) is 18.2. The molecule has 2 aliphatic rings. The van der Waals surface area contributed by atoms with E-state index in [1.54, 1.807) is 0 Å². The van der Waals surface area contributed by atoms with Crippen LogP contribution in [0.2, 0.25) is 0 Å². The van der Waals surface area contributed by atoms with Crippen molar-refractivity contribution in [1.82, 2.24) is 10.2 Å². The van der Waals surface area contributed by atoms with Gasteiger partial charge in [-0.2, -0.15) is 0 Å². The molecule has 0 spiro atoms. The van der Waals surface area contributed by atoms with Crippen LogP contribution in [0.3, 0.4) is 0 Å². The van der Waals surface area contributed by atoms with Crippen molar-refractivity contribution in [2.45, 2.75) is 45.4 Å². The zero-order chi connectivity index (χ0) is 17.8. The Balaban J connectivity index is 1.81. The summed E-state index contributed by atoms with van der Waals surface area (Å²) in [5.74, 6) is 1.08. The largest absolute Gasteiger partial charge is 0.381 e. The number of nitrogens with one attached hydrogen (secondary N) is 1. The molecule has 2 heterocycles. The van der Waals surface area contributed by atoms with E-state index in [4.69, 9.17) is 9.73 Å². The number of hydrogen-bond donors (Lipinski definition) is 1. The molecule has 1 N–H and O–H groups in total. The highest BCUT2D eigenvalue weighted by Gasteiger charge is 2.35. The standard InChI is InChI=1S/C21H33N3O/c1-4-22-19(24-13-10-20(2,3)17-24)23-16-21(11-14-25-15-12-21)18-8-6-5-7-9-18/h5-9H,4,10-17H2,1-3H3,(H,22,23). The van der Waals surface area contributed by atoms with Gasteiger partial charge in [0.2, 0.25) is 0 Å². The Hall–Kier alpha value is -1.55. The van der Waals surface area contributed by atoms with Crippen LogP contribution < -0.4 is 5.32 Å². The third-order valence-electron chi connectivity index (χ3n) is 5.68. The van der Waals surface area contributed by atoms with Gasteiger partial charge in [0.25, 0.3) is 0 Å². The monoisotopic (exact) mass is 343 g/mol. The van der Waals surface area contributed by atoms with Gasteiger partial charge in [-0.15, -0.1) is 0 Å². The smallest absolute Gasteiger partial charge is 0.193 e. The SMILES string of the molecule is CCNC(=NCC1(c2ccccc2)CCOCC1)N1CCC(C)(C)C1. The van der Waals surface area contributed by atoms with E-state index in [-0.39, 0.29) is 5.41 Å². The zero-order valence-electron chi connectivity index (χ0n) is 16.1. The predicted octanol–water partition coefficient (Wildman–Crippen LogP) is 3.43. The number of nitrogens with zero attached hydrogens (tertiary/aromatic N) is 2. The lowest BCUT2D eigenvalue weighted by Crippen LogP contribution is -2.43. The molecule has 2 aliphatic heterocycles. The second-order valence-electron chi connectivity index (χ2n) is 8.26. The highest BCUT2D eigenvalue weighted by atomic mass is 16.5. The first-order valence-corrected chi connectivity index (χ1v) is 9.71. The second kappa shape index (κ2) is 7.77. The minimum Gasteiger partial charge on any atom is -0.381 e. The van der Waals surface area contributed by atoms with E-state index in [0.717, 1.165) is 58.2 Å². The lowest BCUT2D eigenvalue weighted by Gasteiger charge is -2.37. The number of ether oxygens (including phenoxy) is 1. The lowest BCUT2D eigenvalue weighted by molar-refractivity contribution is 0.0530. The van der Waals surface area contributed by atoms with Gasteiger partial charge in [-0.1, -0.05) is 44.2 Å². The van der Waals surface area contributed by atoms with Crippen LogP contribution in [0.25, 0.3) is 0 Å². The van der Waals surface area contributed by atoms with Crippen LogP contribution in [0.15, 0.2) is 35.3 Å². The number of guanidine groups is 1. The molecule has 0 unspecified atom stereocenters. The molecular formula is C21H33N3O. The van der Waals surface area contributed by atoms with Gasteiger partial charge < -0.3 is 15.0 Å². The van der Waals surface area contributed by atoms with E-state index < -0.39 is 0 Å². The molecule has 0 aliphatic carbocycles. The van der Waals surface area contributed by atoms with E-state index in [2.05, 4.69) is 61.3 Å². The van der Waals surface area contributed by atoms with Gasteiger partial charge in [0.15, 0.2) is 5.96 Å². The van der Waals surface area contributed by atoms with Crippen molar-refractivity contribution >= 4 is 5.96 Å². The van der Waals surface area contributed by atoms with Crippen molar-refractivity contribution in [1.29, 1.82) is 0 Å². The van der Waals surface area contributed by atoms with Gasteiger partial charge in [0.05, 0.1) is 6.54 Å². The molecule has 1 aromatic rings. The summed E-state index contributed by atoms with van der Waals surface area (Å²) < 4.78 is 5.65. The van der Waals surface area contributed by atoms with E-state index in [1.807, 2.05) is 0 Å². The van der Waals surface area contributed by atoms with Crippen LogP contribution in [0.1, 0.15) is 45.6 Å². The Kier molecular flexibility index (Phi) is 5.67. The Morgan fingerprint density at radius 3 is 2.48 bits per heavy atom. The van der Waals surface area contributed by atoms with E-state index in [0.29, 0.717) is 5.41 Å². The van der Waals surface area contributed by atoms with Crippen molar-refractivity contribution in [3.63, 3.8) is 0 Å². The van der Waals surface area contributed by atoms with Crippen molar-refractivity contribution in [3.8, 4) is 0 Å². The highest BCUT2D eigenvalue weighted by molar-refractivity contribution is 5.80. The predicted molar refractivity (Wildman–Crippen MR) is 104 cm³/mol. The number of rotatable bonds is 4. The van der Waals surface area contributed by atoms with Crippen LogP contribution in [-0.2, 0) is 10.2 Å². The Morgan fingerprint density at radius 1 is 1.16 bits per heavy atom. The number of benzene rings is 1. The molecule has 0 aromatic heterocycles. The van der Waals surface area contributed by atoms with Crippen LogP contribution in [0.4, 0.5) is 0 Å². The zero-order valence-corrected chi connectivity index (χ0v) is 16.1. The Labute approximate surface area is 152 Å². The van der Waals surface area contributed by atoms with Crippen LogP contribution in [-0.4, -0.2) is 50.3 Å². The molecule has 3 rings (SSSR count). The molecule has 2 saturated heterocycles. The average Bonchev–Trinajstić information content (AvgIpc) is 3.00. The molecule has 0 amide bonds. The maximum atomic E-state index is 5.65. The summed E-state index contributed by atoms with van der Waals surface area (Å²) in [4.78, 5) is 7.54. The van der Waals surface area contributed by atoms with Gasteiger partial charge in [-0.3, -0.25) is 4.99 Å². The molecule has 0 radical (unpaired) electrons. The van der Waals surface area contributed by atoms with Crippen LogP contribution in [0, 0.1) is 5.41 Å². The van der Waals surface area contributed by atoms with E-state index in [9.17, 15) is 0 Å². The fraction of sp³-hybridized carbons (Fsp3) is 0.667. The fourth-order valence-electron chi connectivity index (χ4n) is 4.04. The molecule has 1 aromatic carbocycles. The second-order valence-corrected chi connectivity index (χ2v) is 8.26. The summed E-state index contributed by atoms with van der Waals surface area (Å²) in [6.07, 6.45) is 3.33. The minimum atomic E-state index is 0.107. The topological polar surface area (TPSA) is 36.9 Å². The van der Waals surface area contributed by atoms with Crippen molar-refractivity contribution in [2.75, 3.05) is 39.4 Å². The first-order chi connectivity index (χ1) is 12.0. The summed E-state index contributed by atoms with van der Waals surface area (Å²) in [5, 5.41) is 3.52. The third kappa shape index (κ3) is 4.35. The molecule has 2 fully saturated rings. The summed E-state index contributed by atoms with van der Waals surface area (Å²) in [7, 11) is 0. The Morgan fingerprint density at radius 2 is 1.88 bits per heavy atom. The molecule has 0 bridgehead atoms. The van der Waals surface area contributed by atoms with Crippen LogP contribution in [0.5, 0.6) is 0 Å². The average molecular weight is 344 g/mol. The van der Waals surface area contributed by atoms with Crippen molar-refractivity contribution in [2.24, 2.45) is 10.4 Å². The molecule has 0 saturated carbocycles. The van der Waals surface area contributed by atoms with Crippen molar-refractivity contribution in [3.05, 3.63) is 35.9 Å². The van der Waals surface area contributed by atoms with Gasteiger partial charge in [-0.25, -0.2) is 0 Å². The first-order valence-electron chi connectivity index (χ1n) is 9.71. The van der Waals surface area contributed by atoms with E-state index >= 15 is 0 Å². The molecular weight excluding hydrogens is 310 g/mol. The molecule has 4 nitrogen and oxygen atoms in total. The van der Waals surface area contributed by atoms with Gasteiger partial charge in [-0.05, 0) is 37.2 Å². The maximum absolute atomic E-state index is 5.65. The number of hydrogen-bond acceptors (Lipinski definition) is 2. The van der Waals surface area contributed by atoms with Crippen LogP contribution >= 0.6 is 0 Å². The number of aliphatic imine (C=N–C) groups is 1. The summed E-state index contributed by atoms with van der Waals surface area (Å²) in [6, 6.07) is 10.9. The minimum absolute atomic E-state index is 0.107. The van der Waals surface area contributed by atoms with Gasteiger partial charge in [0.1, 0.15) is 0 Å². The molecule has 138 valence electrons. The summed E-state index contributed by atoms with van der Waals surface area (Å²) in [6.45, 7) is 12.4. The summed E-state index contributed by atoms with van der Waals surface area (Å²) >= 11 is 0. The highest BCUT2D eigenvalue weighted by Crippen LogP contribution is 2.35. The quantitative estimate of drug-likeness (QED) is 0.672. The number of likely N-dealkylation sites (tertiary alicyclic amines) is 1. The van der Waals surface area contributed by atoms with E-state index in [1.165, 1.54) is 12.0 Å². The van der Waals surface area contributed by atoms with Gasteiger partial charge >= 0.3 is 0 Å². The molecule has 25 heavy (non-hydrogen) atoms. The lowest BCUT2D eigenvalue weighted by atomic mass is 9.74. The van der Waals surface area contributed by atoms with Gasteiger partial charge in [0, 0.05) is 38.3 Å².